The summed E-state index contributed by atoms with van der Waals surface area (Å²) in [4.78, 5) is 4.24. The number of hydrogen-bond acceptors (Lipinski definition) is 5. The van der Waals surface area contributed by atoms with Gasteiger partial charge in [0.05, 0.1) is 24.1 Å². The molecule has 4 aromatic rings. The Morgan fingerprint density at radius 2 is 1.97 bits per heavy atom. The van der Waals surface area contributed by atoms with Crippen molar-refractivity contribution in [1.29, 1.82) is 0 Å². The molecule has 2 N–H and O–H groups in total. The highest BCUT2D eigenvalue weighted by atomic mass is 19.4. The third kappa shape index (κ3) is 3.66. The largest absolute Gasteiger partial charge is 0.482 e. The lowest BCUT2D eigenvalue weighted by molar-refractivity contribution is -0.141. The number of fused-ring (bicyclic) bond motifs is 7. The number of nitrogen functional groups attached to an aromatic ring is 1. The van der Waals surface area contributed by atoms with Gasteiger partial charge in [-0.15, -0.1) is 0 Å². The Balaban J connectivity index is 1.82. The van der Waals surface area contributed by atoms with Crippen LogP contribution in [0.1, 0.15) is 36.8 Å². The van der Waals surface area contributed by atoms with Crippen LogP contribution in [-0.4, -0.2) is 24.5 Å². The zero-order valence-electron chi connectivity index (χ0n) is 18.3. The molecule has 1 aliphatic rings. The van der Waals surface area contributed by atoms with Crippen molar-refractivity contribution in [2.75, 3.05) is 5.73 Å². The van der Waals surface area contributed by atoms with E-state index >= 15 is 0 Å². The molecule has 0 spiro atoms. The Bertz CT molecular complexity index is 1390. The summed E-state index contributed by atoms with van der Waals surface area (Å²) in [6.45, 7) is 4.10. The molecule has 176 valence electrons. The summed E-state index contributed by atoms with van der Waals surface area (Å²) in [6, 6.07) is 6.54. The van der Waals surface area contributed by atoms with Gasteiger partial charge in [0.25, 0.3) is 0 Å². The maximum Gasteiger partial charge on any atom is 0.435 e. The van der Waals surface area contributed by atoms with Crippen LogP contribution in [0.15, 0.2) is 42.7 Å². The zero-order chi connectivity index (χ0) is 24.2. The normalized spacial score (nSPS) is 15.4. The molecule has 4 heterocycles. The first-order chi connectivity index (χ1) is 16.2. The van der Waals surface area contributed by atoms with Crippen molar-refractivity contribution in [2.24, 2.45) is 0 Å². The van der Waals surface area contributed by atoms with Crippen LogP contribution in [0.2, 0.25) is 0 Å². The molecule has 0 saturated carbocycles. The maximum absolute atomic E-state index is 14.2. The van der Waals surface area contributed by atoms with Crippen molar-refractivity contribution in [2.45, 2.75) is 39.2 Å². The number of rotatable bonds is 1. The topological polar surface area (TPSA) is 83.8 Å². The fourth-order valence-electron chi connectivity index (χ4n) is 4.20. The average Bonchev–Trinajstić information content (AvgIpc) is 3.39. The van der Waals surface area contributed by atoms with E-state index in [1.807, 2.05) is 6.92 Å². The zero-order valence-corrected chi connectivity index (χ0v) is 18.3. The van der Waals surface area contributed by atoms with Gasteiger partial charge in [-0.3, -0.25) is 9.36 Å². The number of anilines is 1. The second kappa shape index (κ2) is 7.86. The molecule has 0 aliphatic carbocycles. The van der Waals surface area contributed by atoms with Gasteiger partial charge in [-0.25, -0.2) is 9.37 Å². The molecule has 2 bridgehead atoms. The van der Waals surface area contributed by atoms with E-state index in [0.29, 0.717) is 34.5 Å². The highest BCUT2D eigenvalue weighted by Crippen LogP contribution is 2.39. The van der Waals surface area contributed by atoms with E-state index in [4.69, 9.17) is 10.5 Å². The molecule has 1 aliphatic heterocycles. The number of aryl methyl sites for hydroxylation is 1. The fraction of sp³-hybridized carbons (Fsp3) is 0.261. The van der Waals surface area contributed by atoms with Gasteiger partial charge < -0.3 is 10.5 Å². The molecular formula is C23H20F4N6O. The Hall–Kier alpha value is -3.89. The second-order valence-corrected chi connectivity index (χ2v) is 8.00. The van der Waals surface area contributed by atoms with Crippen LogP contribution in [0.4, 0.5) is 23.4 Å². The average molecular weight is 472 g/mol. The van der Waals surface area contributed by atoms with Crippen LogP contribution in [0.5, 0.6) is 5.75 Å². The lowest BCUT2D eigenvalue weighted by Gasteiger charge is -2.21. The summed E-state index contributed by atoms with van der Waals surface area (Å²) >= 11 is 0. The summed E-state index contributed by atoms with van der Waals surface area (Å²) in [5.74, 6) is -0.131. The monoisotopic (exact) mass is 472 g/mol. The van der Waals surface area contributed by atoms with E-state index < -0.39 is 23.8 Å². The molecule has 0 radical (unpaired) electrons. The van der Waals surface area contributed by atoms with Gasteiger partial charge in [-0.1, -0.05) is 0 Å². The lowest BCUT2D eigenvalue weighted by Crippen LogP contribution is -2.12. The van der Waals surface area contributed by atoms with Gasteiger partial charge in [0, 0.05) is 35.0 Å². The Morgan fingerprint density at radius 3 is 2.71 bits per heavy atom. The van der Waals surface area contributed by atoms with Gasteiger partial charge in [0.2, 0.25) is 0 Å². The second-order valence-electron chi connectivity index (χ2n) is 8.00. The number of nitrogens with two attached hydrogens (primary N) is 1. The first-order valence-corrected chi connectivity index (χ1v) is 10.6. The summed E-state index contributed by atoms with van der Waals surface area (Å²) < 4.78 is 64.2. The van der Waals surface area contributed by atoms with Crippen LogP contribution >= 0.6 is 0 Å². The molecule has 0 unspecified atom stereocenters. The van der Waals surface area contributed by atoms with E-state index in [2.05, 4.69) is 15.2 Å². The molecule has 0 amide bonds. The highest BCUT2D eigenvalue weighted by Gasteiger charge is 2.36. The molecule has 3 aromatic heterocycles. The van der Waals surface area contributed by atoms with Gasteiger partial charge in [-0.05, 0) is 44.2 Å². The molecule has 1 aromatic carbocycles. The summed E-state index contributed by atoms with van der Waals surface area (Å²) in [6.07, 6.45) is -2.26. The van der Waals surface area contributed by atoms with Gasteiger partial charge in [-0.2, -0.15) is 23.4 Å². The quantitative estimate of drug-likeness (QED) is 0.391. The first-order valence-electron chi connectivity index (χ1n) is 10.6. The van der Waals surface area contributed by atoms with E-state index in [9.17, 15) is 17.6 Å². The van der Waals surface area contributed by atoms with E-state index in [1.54, 1.807) is 30.1 Å². The minimum Gasteiger partial charge on any atom is -0.482 e. The molecule has 0 saturated heterocycles. The standard InChI is InChI=1S/C23H20F4N6O/c1-3-32-21-13-6-19(22(28)29-9-13)34-12(2)17-7-15(24)4-5-16(17)18-8-20(23(25,26)27)31-33(18)11-14(21)10-30-32/h4-10,12H,3,11H2,1-2H3,(H2,28,29)/t12-/m1/s1. The van der Waals surface area contributed by atoms with Crippen LogP contribution in [0.3, 0.4) is 0 Å². The van der Waals surface area contributed by atoms with Crippen LogP contribution in [0, 0.1) is 5.82 Å². The van der Waals surface area contributed by atoms with Gasteiger partial charge in [0.1, 0.15) is 11.9 Å². The smallest absolute Gasteiger partial charge is 0.435 e. The van der Waals surface area contributed by atoms with Crippen molar-refractivity contribution >= 4 is 5.82 Å². The molecule has 7 nitrogen and oxygen atoms in total. The van der Waals surface area contributed by atoms with Crippen LogP contribution in [-0.2, 0) is 19.3 Å². The Labute approximate surface area is 191 Å². The van der Waals surface area contributed by atoms with Crippen molar-refractivity contribution in [3.8, 4) is 28.3 Å². The van der Waals surface area contributed by atoms with E-state index in [0.717, 1.165) is 6.07 Å². The van der Waals surface area contributed by atoms with Crippen LogP contribution < -0.4 is 10.5 Å². The molecule has 1 atom stereocenters. The number of nitrogens with zero attached hydrogens (tertiary/aromatic N) is 5. The number of halogens is 4. The summed E-state index contributed by atoms with van der Waals surface area (Å²) in [7, 11) is 0. The van der Waals surface area contributed by atoms with Gasteiger partial charge in [0.15, 0.2) is 17.3 Å². The third-order valence-electron chi connectivity index (χ3n) is 5.79. The third-order valence-corrected chi connectivity index (χ3v) is 5.79. The molecular weight excluding hydrogens is 452 g/mol. The lowest BCUT2D eigenvalue weighted by atomic mass is 9.99. The fourth-order valence-corrected chi connectivity index (χ4v) is 4.20. The number of alkyl halides is 3. The van der Waals surface area contributed by atoms with Crippen LogP contribution in [0.25, 0.3) is 22.5 Å². The van der Waals surface area contributed by atoms with Crippen molar-refractivity contribution < 1.29 is 22.3 Å². The minimum absolute atomic E-state index is 0.00646. The number of ether oxygens (including phenoxy) is 1. The summed E-state index contributed by atoms with van der Waals surface area (Å²) in [5.41, 5.74) is 7.84. The van der Waals surface area contributed by atoms with Crippen molar-refractivity contribution in [3.05, 3.63) is 65.4 Å². The number of aromatic nitrogens is 5. The van der Waals surface area contributed by atoms with Crippen molar-refractivity contribution in [1.82, 2.24) is 24.5 Å². The highest BCUT2D eigenvalue weighted by molar-refractivity contribution is 5.69. The molecule has 5 rings (SSSR count). The number of benzene rings is 1. The number of pyridine rings is 1. The van der Waals surface area contributed by atoms with E-state index in [-0.39, 0.29) is 23.8 Å². The predicted octanol–water partition coefficient (Wildman–Crippen LogP) is 5.07. The number of hydrogen-bond donors (Lipinski definition) is 1. The Kier molecular flexibility index (Phi) is 5.07. The minimum atomic E-state index is -4.66. The molecule has 11 heteroatoms. The van der Waals surface area contributed by atoms with E-state index in [1.165, 1.54) is 22.9 Å². The van der Waals surface area contributed by atoms with Gasteiger partial charge >= 0.3 is 6.18 Å². The maximum atomic E-state index is 14.2. The summed E-state index contributed by atoms with van der Waals surface area (Å²) in [5, 5.41) is 8.25. The molecule has 34 heavy (non-hydrogen) atoms. The van der Waals surface area contributed by atoms with Crippen molar-refractivity contribution in [3.63, 3.8) is 0 Å². The SMILES string of the molecule is CCn1ncc2c1-c1cnc(N)c(c1)O[C@H](C)c1cc(F)ccc1-c1cc(C(F)(F)F)nn1C2. The predicted molar refractivity (Wildman–Crippen MR) is 116 cm³/mol. The Morgan fingerprint density at radius 1 is 1.18 bits per heavy atom. The molecule has 0 fully saturated rings. The first kappa shape index (κ1) is 21.9.